The first-order chi connectivity index (χ1) is 13.5. The molecule has 0 radical (unpaired) electrons. The molecule has 1 rings (SSSR count). The van der Waals surface area contributed by atoms with E-state index in [1.54, 1.807) is 27.7 Å². The highest BCUT2D eigenvalue weighted by Gasteiger charge is 2.26. The van der Waals surface area contributed by atoms with Gasteiger partial charge in [-0.25, -0.2) is 4.79 Å². The molecule has 0 aromatic heterocycles. The molecule has 1 aromatic rings. The van der Waals surface area contributed by atoms with Crippen LogP contribution in [0.4, 0.5) is 4.79 Å². The second kappa shape index (κ2) is 11.8. The number of amides is 2. The van der Waals surface area contributed by atoms with Gasteiger partial charge in [0.15, 0.2) is 0 Å². The van der Waals surface area contributed by atoms with Crippen molar-refractivity contribution >= 4 is 12.0 Å². The topological polar surface area (TPSA) is 99.7 Å². The van der Waals surface area contributed by atoms with Crippen LogP contribution in [0, 0.1) is 5.92 Å². The monoisotopic (exact) mass is 407 g/mol. The largest absolute Gasteiger partial charge is 0.444 e. The Hall–Kier alpha value is -2.12. The number of rotatable bonds is 10. The molecule has 0 aliphatic heterocycles. The second-order valence-electron chi connectivity index (χ2n) is 8.80. The van der Waals surface area contributed by atoms with Gasteiger partial charge in [-0.3, -0.25) is 4.79 Å². The van der Waals surface area contributed by atoms with E-state index in [0.717, 1.165) is 5.56 Å². The summed E-state index contributed by atoms with van der Waals surface area (Å²) in [6.07, 6.45) is -0.827. The first kappa shape index (κ1) is 24.9. The predicted octanol–water partition coefficient (Wildman–Crippen LogP) is 2.23. The number of nitrogens with one attached hydrogen (secondary N) is 3. The van der Waals surface area contributed by atoms with Crippen molar-refractivity contribution < 1.29 is 19.4 Å². The van der Waals surface area contributed by atoms with Crippen molar-refractivity contribution in [3.63, 3.8) is 0 Å². The van der Waals surface area contributed by atoms with E-state index in [2.05, 4.69) is 16.0 Å². The molecule has 0 spiro atoms. The van der Waals surface area contributed by atoms with Gasteiger partial charge in [-0.05, 0) is 45.6 Å². The molecule has 7 heteroatoms. The molecule has 4 N–H and O–H groups in total. The van der Waals surface area contributed by atoms with Gasteiger partial charge in [0.2, 0.25) is 5.91 Å². The highest BCUT2D eigenvalue weighted by atomic mass is 16.6. The van der Waals surface area contributed by atoms with E-state index in [1.807, 2.05) is 44.2 Å². The van der Waals surface area contributed by atoms with E-state index in [9.17, 15) is 14.7 Å². The predicted molar refractivity (Wildman–Crippen MR) is 115 cm³/mol. The maximum Gasteiger partial charge on any atom is 0.407 e. The smallest absolute Gasteiger partial charge is 0.407 e. The van der Waals surface area contributed by atoms with Crippen LogP contribution in [0.3, 0.4) is 0 Å². The molecular formula is C22H37N3O4. The van der Waals surface area contributed by atoms with E-state index < -0.39 is 23.8 Å². The van der Waals surface area contributed by atoms with E-state index in [4.69, 9.17) is 4.74 Å². The van der Waals surface area contributed by atoms with Crippen LogP contribution in [0.25, 0.3) is 0 Å². The fourth-order valence-electron chi connectivity index (χ4n) is 2.71. The van der Waals surface area contributed by atoms with Crippen molar-refractivity contribution in [2.24, 2.45) is 5.92 Å². The lowest BCUT2D eigenvalue weighted by molar-refractivity contribution is -0.125. The summed E-state index contributed by atoms with van der Waals surface area (Å²) >= 11 is 0. The summed E-state index contributed by atoms with van der Waals surface area (Å²) in [5, 5.41) is 18.9. The summed E-state index contributed by atoms with van der Waals surface area (Å²) in [6, 6.07) is 8.67. The van der Waals surface area contributed by atoms with Crippen LogP contribution in [0.2, 0.25) is 0 Å². The number of carbonyl (C=O) groups excluding carboxylic acids is 2. The molecule has 0 saturated heterocycles. The Morgan fingerprint density at radius 2 is 1.69 bits per heavy atom. The summed E-state index contributed by atoms with van der Waals surface area (Å²) in [4.78, 5) is 24.7. The van der Waals surface area contributed by atoms with Crippen LogP contribution in [0.15, 0.2) is 30.3 Å². The third-order valence-corrected chi connectivity index (χ3v) is 4.08. The summed E-state index contributed by atoms with van der Waals surface area (Å²) < 4.78 is 5.37. The third-order valence-electron chi connectivity index (χ3n) is 4.08. The fraction of sp³-hybridized carbons (Fsp3) is 0.636. The molecule has 0 fully saturated rings. The molecule has 0 unspecified atom stereocenters. The van der Waals surface area contributed by atoms with Crippen LogP contribution in [-0.2, 0) is 16.0 Å². The van der Waals surface area contributed by atoms with Gasteiger partial charge in [-0.2, -0.15) is 0 Å². The normalized spacial score (nSPS) is 14.8. The molecular weight excluding hydrogens is 370 g/mol. The van der Waals surface area contributed by atoms with Crippen molar-refractivity contribution in [3.05, 3.63) is 35.9 Å². The van der Waals surface area contributed by atoms with Crippen LogP contribution >= 0.6 is 0 Å². The van der Waals surface area contributed by atoms with Gasteiger partial charge in [0.1, 0.15) is 11.6 Å². The average molecular weight is 408 g/mol. The molecule has 0 aliphatic rings. The Morgan fingerprint density at radius 3 is 2.21 bits per heavy atom. The zero-order valence-electron chi connectivity index (χ0n) is 18.5. The van der Waals surface area contributed by atoms with E-state index in [-0.39, 0.29) is 11.9 Å². The first-order valence-corrected chi connectivity index (χ1v) is 10.2. The van der Waals surface area contributed by atoms with E-state index in [1.165, 1.54) is 0 Å². The van der Waals surface area contributed by atoms with Gasteiger partial charge in [0.05, 0.1) is 6.10 Å². The minimum atomic E-state index is -0.874. The standard InChI is InChI=1S/C22H37N3O4/c1-15(2)13-24-20(27)19(16(3)26)23-14-18(12-17-10-8-7-9-11-17)25-21(28)29-22(4,5)6/h7-11,15-16,18-19,23,26H,12-14H2,1-6H3,(H,24,27)(H,25,28)/t16-,18-,19-/m0/s1. The number of alkyl carbamates (subject to hydrolysis) is 1. The zero-order valence-corrected chi connectivity index (χ0v) is 18.5. The molecule has 7 nitrogen and oxygen atoms in total. The van der Waals surface area contributed by atoms with Crippen molar-refractivity contribution in [2.45, 2.75) is 71.8 Å². The molecule has 29 heavy (non-hydrogen) atoms. The lowest BCUT2D eigenvalue weighted by atomic mass is 10.0. The number of aliphatic hydroxyl groups excluding tert-OH is 1. The Bertz CT molecular complexity index is 627. The van der Waals surface area contributed by atoms with Crippen LogP contribution in [-0.4, -0.2) is 54.0 Å². The van der Waals surface area contributed by atoms with E-state index in [0.29, 0.717) is 25.4 Å². The number of benzene rings is 1. The van der Waals surface area contributed by atoms with Crippen molar-refractivity contribution in [3.8, 4) is 0 Å². The number of hydrogen-bond acceptors (Lipinski definition) is 5. The van der Waals surface area contributed by atoms with Crippen LogP contribution in [0.5, 0.6) is 0 Å². The molecule has 0 heterocycles. The SMILES string of the molecule is CC(C)CNC(=O)[C@@H](NC[C@H](Cc1ccccc1)NC(=O)OC(C)(C)C)[C@H](C)O. The highest BCUT2D eigenvalue weighted by Crippen LogP contribution is 2.09. The second-order valence-corrected chi connectivity index (χ2v) is 8.80. The molecule has 3 atom stereocenters. The lowest BCUT2D eigenvalue weighted by Crippen LogP contribution is -2.55. The highest BCUT2D eigenvalue weighted by molar-refractivity contribution is 5.82. The number of hydrogen-bond donors (Lipinski definition) is 4. The van der Waals surface area contributed by atoms with Crippen molar-refractivity contribution in [1.82, 2.24) is 16.0 Å². The van der Waals surface area contributed by atoms with Gasteiger partial charge < -0.3 is 25.8 Å². The van der Waals surface area contributed by atoms with Gasteiger partial charge in [0.25, 0.3) is 0 Å². The van der Waals surface area contributed by atoms with Crippen molar-refractivity contribution in [2.75, 3.05) is 13.1 Å². The first-order valence-electron chi connectivity index (χ1n) is 10.2. The summed E-state index contributed by atoms with van der Waals surface area (Å²) in [7, 11) is 0. The average Bonchev–Trinajstić information content (AvgIpc) is 2.58. The Balaban J connectivity index is 2.80. The zero-order chi connectivity index (χ0) is 22.0. The minimum Gasteiger partial charge on any atom is -0.444 e. The van der Waals surface area contributed by atoms with Crippen molar-refractivity contribution in [1.29, 1.82) is 0 Å². The minimum absolute atomic E-state index is 0.260. The molecule has 2 amide bonds. The molecule has 0 bridgehead atoms. The number of carbonyl (C=O) groups is 2. The van der Waals surface area contributed by atoms with Gasteiger partial charge in [-0.15, -0.1) is 0 Å². The summed E-state index contributed by atoms with van der Waals surface area (Å²) in [5.41, 5.74) is 0.446. The maximum atomic E-state index is 12.4. The maximum absolute atomic E-state index is 12.4. The Kier molecular flexibility index (Phi) is 10.1. The lowest BCUT2D eigenvalue weighted by Gasteiger charge is -2.27. The van der Waals surface area contributed by atoms with E-state index >= 15 is 0 Å². The Morgan fingerprint density at radius 1 is 1.07 bits per heavy atom. The number of aliphatic hydroxyl groups is 1. The fourth-order valence-corrected chi connectivity index (χ4v) is 2.71. The third kappa shape index (κ3) is 10.9. The van der Waals surface area contributed by atoms with Crippen LogP contribution in [0.1, 0.15) is 47.1 Å². The van der Waals surface area contributed by atoms with Gasteiger partial charge in [0, 0.05) is 19.1 Å². The Labute approximate surface area is 174 Å². The summed E-state index contributed by atoms with van der Waals surface area (Å²) in [6.45, 7) is 11.8. The van der Waals surface area contributed by atoms with Gasteiger partial charge >= 0.3 is 6.09 Å². The molecule has 1 aromatic carbocycles. The quantitative estimate of drug-likeness (QED) is 0.477. The van der Waals surface area contributed by atoms with Gasteiger partial charge in [-0.1, -0.05) is 44.2 Å². The van der Waals surface area contributed by atoms with Crippen LogP contribution < -0.4 is 16.0 Å². The summed E-state index contributed by atoms with van der Waals surface area (Å²) in [5.74, 6) is 0.0534. The molecule has 0 aliphatic carbocycles. The molecule has 164 valence electrons. The number of ether oxygens (including phenoxy) is 1. The molecule has 0 saturated carbocycles.